The summed E-state index contributed by atoms with van der Waals surface area (Å²) in [6.45, 7) is 17.7. The number of nitrogens with one attached hydrogen (secondary N) is 2. The van der Waals surface area contributed by atoms with Crippen molar-refractivity contribution in [2.24, 2.45) is 5.41 Å². The maximum absolute atomic E-state index is 5.03. The molecule has 0 spiro atoms. The zero-order valence-corrected chi connectivity index (χ0v) is 12.5. The normalized spacial score (nSPS) is 13.9. The minimum Gasteiger partial charge on any atom is -0.386 e. The monoisotopic (exact) mass is 252 g/mol. The second-order valence-corrected chi connectivity index (χ2v) is 5.33. The first-order valence-corrected chi connectivity index (χ1v) is 6.30. The molecule has 0 aliphatic heterocycles. The average molecular weight is 252 g/mol. The lowest BCUT2D eigenvalue weighted by Crippen LogP contribution is -2.44. The van der Waals surface area contributed by atoms with Crippen molar-refractivity contribution in [1.82, 2.24) is 10.6 Å². The summed E-state index contributed by atoms with van der Waals surface area (Å²) in [5.41, 5.74) is 2.14. The molecule has 0 aromatic carbocycles. The third-order valence-corrected chi connectivity index (χ3v) is 3.10. The third kappa shape index (κ3) is 6.50. The zero-order valence-electron chi connectivity index (χ0n) is 12.5. The quantitative estimate of drug-likeness (QED) is 0.619. The second kappa shape index (κ2) is 7.98. The molecule has 2 N–H and O–H groups in total. The highest BCUT2D eigenvalue weighted by Gasteiger charge is 2.25. The first-order valence-electron chi connectivity index (χ1n) is 6.30. The van der Waals surface area contributed by atoms with E-state index >= 15 is 0 Å². The fourth-order valence-corrected chi connectivity index (χ4v) is 1.49. The standard InChI is InChI=1S/C15H28N2O/c1-8-9-12(2)17-14(4)15(5,6)11-16-13(3)10-18-7/h8-9,14,16-17H,1,3,10-11H2,2,4-7H3/b12-9+. The molecule has 0 saturated heterocycles. The van der Waals surface area contributed by atoms with Crippen LogP contribution >= 0.6 is 0 Å². The maximum atomic E-state index is 5.03. The van der Waals surface area contributed by atoms with Gasteiger partial charge in [0.05, 0.1) is 6.61 Å². The topological polar surface area (TPSA) is 33.3 Å². The zero-order chi connectivity index (χ0) is 14.2. The van der Waals surface area contributed by atoms with E-state index in [0.717, 1.165) is 17.9 Å². The molecule has 0 heterocycles. The van der Waals surface area contributed by atoms with Crippen molar-refractivity contribution >= 4 is 0 Å². The fourth-order valence-electron chi connectivity index (χ4n) is 1.49. The van der Waals surface area contributed by atoms with E-state index in [1.165, 1.54) is 0 Å². The van der Waals surface area contributed by atoms with Gasteiger partial charge in [0, 0.05) is 36.5 Å². The fraction of sp³-hybridized carbons (Fsp3) is 0.600. The van der Waals surface area contributed by atoms with Crippen LogP contribution < -0.4 is 10.6 Å². The van der Waals surface area contributed by atoms with Crippen molar-refractivity contribution in [2.45, 2.75) is 33.7 Å². The van der Waals surface area contributed by atoms with Crippen LogP contribution in [0.3, 0.4) is 0 Å². The number of rotatable bonds is 9. The lowest BCUT2D eigenvalue weighted by molar-refractivity contribution is 0.211. The highest BCUT2D eigenvalue weighted by Crippen LogP contribution is 2.20. The lowest BCUT2D eigenvalue weighted by atomic mass is 9.85. The summed E-state index contributed by atoms with van der Waals surface area (Å²) in [6.07, 6.45) is 3.77. The summed E-state index contributed by atoms with van der Waals surface area (Å²) in [6, 6.07) is 0.344. The van der Waals surface area contributed by atoms with E-state index in [1.807, 2.05) is 13.0 Å². The van der Waals surface area contributed by atoms with Crippen LogP contribution in [0.25, 0.3) is 0 Å². The molecule has 0 saturated carbocycles. The SMILES string of the molecule is C=C/C=C(\C)NC(C)C(C)(C)CNC(=C)COC. The summed E-state index contributed by atoms with van der Waals surface area (Å²) < 4.78 is 5.03. The predicted octanol–water partition coefficient (Wildman–Crippen LogP) is 2.83. The summed E-state index contributed by atoms with van der Waals surface area (Å²) >= 11 is 0. The summed E-state index contributed by atoms with van der Waals surface area (Å²) in [5.74, 6) is 0. The van der Waals surface area contributed by atoms with Gasteiger partial charge in [-0.15, -0.1) is 0 Å². The molecular formula is C15H28N2O. The number of hydrogen-bond acceptors (Lipinski definition) is 3. The van der Waals surface area contributed by atoms with Gasteiger partial charge in [-0.25, -0.2) is 0 Å². The Hall–Kier alpha value is -1.22. The van der Waals surface area contributed by atoms with Crippen LogP contribution in [0.15, 0.2) is 36.7 Å². The molecule has 0 aliphatic carbocycles. The molecule has 0 fully saturated rings. The van der Waals surface area contributed by atoms with E-state index < -0.39 is 0 Å². The molecule has 3 heteroatoms. The Balaban J connectivity index is 4.30. The highest BCUT2D eigenvalue weighted by molar-refractivity contribution is 5.08. The van der Waals surface area contributed by atoms with Gasteiger partial charge in [0.15, 0.2) is 0 Å². The molecule has 0 radical (unpaired) electrons. The second-order valence-electron chi connectivity index (χ2n) is 5.33. The Morgan fingerprint density at radius 3 is 2.56 bits per heavy atom. The van der Waals surface area contributed by atoms with Crippen molar-refractivity contribution in [2.75, 3.05) is 20.3 Å². The molecule has 1 atom stereocenters. The third-order valence-electron chi connectivity index (χ3n) is 3.10. The Labute approximate surface area is 112 Å². The van der Waals surface area contributed by atoms with E-state index in [4.69, 9.17) is 4.74 Å². The van der Waals surface area contributed by atoms with E-state index in [1.54, 1.807) is 13.2 Å². The van der Waals surface area contributed by atoms with E-state index in [-0.39, 0.29) is 5.41 Å². The molecule has 0 aliphatic rings. The minimum absolute atomic E-state index is 0.104. The molecular weight excluding hydrogens is 224 g/mol. The van der Waals surface area contributed by atoms with Gasteiger partial charge in [-0.1, -0.05) is 33.1 Å². The van der Waals surface area contributed by atoms with Crippen LogP contribution in [0.1, 0.15) is 27.7 Å². The van der Waals surface area contributed by atoms with Gasteiger partial charge < -0.3 is 15.4 Å². The number of ether oxygens (including phenoxy) is 1. The van der Waals surface area contributed by atoms with Crippen LogP contribution in [-0.2, 0) is 4.74 Å². The van der Waals surface area contributed by atoms with Crippen LogP contribution in [0.5, 0.6) is 0 Å². The number of hydrogen-bond donors (Lipinski definition) is 2. The molecule has 0 aromatic heterocycles. The average Bonchev–Trinajstić information content (AvgIpc) is 2.27. The van der Waals surface area contributed by atoms with E-state index in [2.05, 4.69) is 44.6 Å². The van der Waals surface area contributed by atoms with Crippen molar-refractivity contribution in [3.8, 4) is 0 Å². The molecule has 104 valence electrons. The minimum atomic E-state index is 0.104. The van der Waals surface area contributed by atoms with E-state index in [9.17, 15) is 0 Å². The Kier molecular flexibility index (Phi) is 7.44. The Morgan fingerprint density at radius 1 is 1.44 bits per heavy atom. The van der Waals surface area contributed by atoms with Crippen LogP contribution in [0, 0.1) is 5.41 Å². The van der Waals surface area contributed by atoms with Crippen molar-refractivity contribution in [1.29, 1.82) is 0 Å². The summed E-state index contributed by atoms with van der Waals surface area (Å²) in [5, 5.41) is 6.78. The Bertz CT molecular complexity index is 306. The summed E-state index contributed by atoms with van der Waals surface area (Å²) in [4.78, 5) is 0. The summed E-state index contributed by atoms with van der Waals surface area (Å²) in [7, 11) is 1.67. The predicted molar refractivity (Wildman–Crippen MR) is 79.4 cm³/mol. The maximum Gasteiger partial charge on any atom is 0.0852 e. The Morgan fingerprint density at radius 2 is 2.06 bits per heavy atom. The smallest absolute Gasteiger partial charge is 0.0852 e. The first-order chi connectivity index (χ1) is 8.33. The molecule has 1 unspecified atom stereocenters. The number of allylic oxidation sites excluding steroid dienone is 3. The van der Waals surface area contributed by atoms with Crippen molar-refractivity contribution in [3.05, 3.63) is 36.7 Å². The lowest BCUT2D eigenvalue weighted by Gasteiger charge is -2.34. The molecule has 0 aromatic rings. The van der Waals surface area contributed by atoms with Crippen molar-refractivity contribution in [3.63, 3.8) is 0 Å². The van der Waals surface area contributed by atoms with Gasteiger partial charge in [0.1, 0.15) is 0 Å². The van der Waals surface area contributed by atoms with Crippen LogP contribution in [0.2, 0.25) is 0 Å². The molecule has 0 rings (SSSR count). The number of methoxy groups -OCH3 is 1. The molecule has 3 nitrogen and oxygen atoms in total. The highest BCUT2D eigenvalue weighted by atomic mass is 16.5. The molecule has 0 bridgehead atoms. The van der Waals surface area contributed by atoms with Gasteiger partial charge in [0.25, 0.3) is 0 Å². The van der Waals surface area contributed by atoms with Crippen LogP contribution in [-0.4, -0.2) is 26.3 Å². The largest absolute Gasteiger partial charge is 0.386 e. The van der Waals surface area contributed by atoms with Crippen molar-refractivity contribution < 1.29 is 4.74 Å². The van der Waals surface area contributed by atoms with Gasteiger partial charge in [-0.3, -0.25) is 0 Å². The van der Waals surface area contributed by atoms with Gasteiger partial charge in [0.2, 0.25) is 0 Å². The van der Waals surface area contributed by atoms with E-state index in [0.29, 0.717) is 12.6 Å². The first kappa shape index (κ1) is 16.8. The molecule has 0 amide bonds. The van der Waals surface area contributed by atoms with Gasteiger partial charge in [-0.05, 0) is 19.9 Å². The molecule has 18 heavy (non-hydrogen) atoms. The van der Waals surface area contributed by atoms with Gasteiger partial charge in [-0.2, -0.15) is 0 Å². The van der Waals surface area contributed by atoms with Gasteiger partial charge >= 0.3 is 0 Å². The van der Waals surface area contributed by atoms with Crippen LogP contribution in [0.4, 0.5) is 0 Å².